The zero-order chi connectivity index (χ0) is 16.9. The predicted molar refractivity (Wildman–Crippen MR) is 95.4 cm³/mol. The number of hydrogen-bond donors (Lipinski definition) is 1. The molecule has 0 saturated heterocycles. The molecule has 0 atom stereocenters. The highest BCUT2D eigenvalue weighted by Gasteiger charge is 2.11. The van der Waals surface area contributed by atoms with Crippen LogP contribution in [-0.2, 0) is 0 Å². The molecule has 0 unspecified atom stereocenters. The Balaban J connectivity index is 1.85. The van der Waals surface area contributed by atoms with Crippen molar-refractivity contribution in [2.45, 2.75) is 6.92 Å². The molecule has 0 bridgehead atoms. The lowest BCUT2D eigenvalue weighted by Gasteiger charge is -2.10. The van der Waals surface area contributed by atoms with Crippen LogP contribution in [0.2, 0.25) is 0 Å². The van der Waals surface area contributed by atoms with E-state index in [0.29, 0.717) is 17.0 Å². The summed E-state index contributed by atoms with van der Waals surface area (Å²) < 4.78 is 5.26. The maximum Gasteiger partial charge on any atom is 0.257 e. The van der Waals surface area contributed by atoms with Crippen LogP contribution in [0.25, 0.3) is 11.1 Å². The van der Waals surface area contributed by atoms with Crippen molar-refractivity contribution >= 4 is 11.6 Å². The number of carbonyl (C=O) groups excluding carboxylic acids is 1. The molecule has 120 valence electrons. The van der Waals surface area contributed by atoms with Gasteiger partial charge in [0.25, 0.3) is 5.91 Å². The predicted octanol–water partition coefficient (Wildman–Crippen LogP) is 4.32. The first-order chi connectivity index (χ1) is 11.7. The van der Waals surface area contributed by atoms with Gasteiger partial charge in [0.1, 0.15) is 5.75 Å². The van der Waals surface area contributed by atoms with Crippen LogP contribution in [0.15, 0.2) is 67.0 Å². The Labute approximate surface area is 141 Å². The Hall–Kier alpha value is -3.14. The van der Waals surface area contributed by atoms with Gasteiger partial charge in [0.2, 0.25) is 0 Å². The SMILES string of the molecule is COc1ccccc1NC(=O)c1cncc(-c2ccc(C)cc2)c1. The maximum atomic E-state index is 12.5. The van der Waals surface area contributed by atoms with Crippen LogP contribution in [0.3, 0.4) is 0 Å². The molecule has 4 heteroatoms. The van der Waals surface area contributed by atoms with Gasteiger partial charge in [-0.2, -0.15) is 0 Å². The number of para-hydroxylation sites is 2. The van der Waals surface area contributed by atoms with E-state index in [2.05, 4.69) is 10.3 Å². The van der Waals surface area contributed by atoms with Crippen LogP contribution in [0, 0.1) is 6.92 Å². The molecular weight excluding hydrogens is 300 g/mol. The van der Waals surface area contributed by atoms with Gasteiger partial charge in [-0.25, -0.2) is 0 Å². The van der Waals surface area contributed by atoms with Crippen molar-refractivity contribution < 1.29 is 9.53 Å². The minimum absolute atomic E-state index is 0.221. The zero-order valence-electron chi connectivity index (χ0n) is 13.6. The van der Waals surface area contributed by atoms with Crippen molar-refractivity contribution in [3.8, 4) is 16.9 Å². The van der Waals surface area contributed by atoms with E-state index in [1.54, 1.807) is 31.6 Å². The molecule has 0 radical (unpaired) electrons. The van der Waals surface area contributed by atoms with Crippen molar-refractivity contribution in [2.24, 2.45) is 0 Å². The molecule has 0 aliphatic carbocycles. The number of aromatic nitrogens is 1. The lowest BCUT2D eigenvalue weighted by atomic mass is 10.0. The summed E-state index contributed by atoms with van der Waals surface area (Å²) in [6, 6.07) is 17.3. The smallest absolute Gasteiger partial charge is 0.257 e. The summed E-state index contributed by atoms with van der Waals surface area (Å²) in [6.45, 7) is 2.04. The Morgan fingerprint density at radius 1 is 1.00 bits per heavy atom. The number of rotatable bonds is 4. The topological polar surface area (TPSA) is 51.2 Å². The summed E-state index contributed by atoms with van der Waals surface area (Å²) >= 11 is 0. The molecule has 1 N–H and O–H groups in total. The number of benzene rings is 2. The summed E-state index contributed by atoms with van der Waals surface area (Å²) in [5, 5.41) is 2.86. The monoisotopic (exact) mass is 318 g/mol. The minimum Gasteiger partial charge on any atom is -0.495 e. The van der Waals surface area contributed by atoms with E-state index in [1.165, 1.54) is 5.56 Å². The standard InChI is InChI=1S/C20H18N2O2/c1-14-7-9-15(10-8-14)16-11-17(13-21-12-16)20(23)22-18-5-3-4-6-19(18)24-2/h3-13H,1-2H3,(H,22,23). The fourth-order valence-electron chi connectivity index (χ4n) is 2.41. The van der Waals surface area contributed by atoms with Crippen LogP contribution in [0.5, 0.6) is 5.75 Å². The van der Waals surface area contributed by atoms with Gasteiger partial charge in [0.05, 0.1) is 18.4 Å². The molecule has 4 nitrogen and oxygen atoms in total. The summed E-state index contributed by atoms with van der Waals surface area (Å²) in [5.74, 6) is 0.398. The molecule has 1 aromatic heterocycles. The van der Waals surface area contributed by atoms with Gasteiger partial charge in [-0.3, -0.25) is 9.78 Å². The highest BCUT2D eigenvalue weighted by molar-refractivity contribution is 6.05. The van der Waals surface area contributed by atoms with Gasteiger partial charge in [-0.1, -0.05) is 42.0 Å². The van der Waals surface area contributed by atoms with Crippen LogP contribution in [0.1, 0.15) is 15.9 Å². The van der Waals surface area contributed by atoms with Gasteiger partial charge < -0.3 is 10.1 Å². The van der Waals surface area contributed by atoms with Crippen LogP contribution < -0.4 is 10.1 Å². The number of nitrogens with zero attached hydrogens (tertiary/aromatic N) is 1. The maximum absolute atomic E-state index is 12.5. The third-order valence-electron chi connectivity index (χ3n) is 3.74. The van der Waals surface area contributed by atoms with Crippen molar-refractivity contribution in [3.63, 3.8) is 0 Å². The van der Waals surface area contributed by atoms with E-state index >= 15 is 0 Å². The average Bonchev–Trinajstić information content (AvgIpc) is 2.63. The minimum atomic E-state index is -0.221. The number of anilines is 1. The molecule has 0 saturated carbocycles. The molecule has 1 amide bonds. The largest absolute Gasteiger partial charge is 0.495 e. The van der Waals surface area contributed by atoms with E-state index in [9.17, 15) is 4.79 Å². The van der Waals surface area contributed by atoms with E-state index in [4.69, 9.17) is 4.74 Å². The summed E-state index contributed by atoms with van der Waals surface area (Å²) in [5.41, 5.74) is 4.25. The summed E-state index contributed by atoms with van der Waals surface area (Å²) in [4.78, 5) is 16.7. The first-order valence-electron chi connectivity index (χ1n) is 7.64. The fraction of sp³-hybridized carbons (Fsp3) is 0.100. The second-order valence-electron chi connectivity index (χ2n) is 5.48. The van der Waals surface area contributed by atoms with Crippen molar-refractivity contribution in [2.75, 3.05) is 12.4 Å². The third-order valence-corrected chi connectivity index (χ3v) is 3.74. The van der Waals surface area contributed by atoms with Gasteiger partial charge in [-0.15, -0.1) is 0 Å². The Morgan fingerprint density at radius 3 is 2.50 bits per heavy atom. The fourth-order valence-corrected chi connectivity index (χ4v) is 2.41. The van der Waals surface area contributed by atoms with Crippen LogP contribution in [0.4, 0.5) is 5.69 Å². The second kappa shape index (κ2) is 6.96. The van der Waals surface area contributed by atoms with Crippen LogP contribution in [-0.4, -0.2) is 18.0 Å². The molecule has 0 aliphatic heterocycles. The summed E-state index contributed by atoms with van der Waals surface area (Å²) in [7, 11) is 1.57. The number of ether oxygens (including phenoxy) is 1. The molecule has 3 aromatic rings. The first kappa shape index (κ1) is 15.7. The molecule has 0 fully saturated rings. The van der Waals surface area contributed by atoms with Gasteiger partial charge in [0.15, 0.2) is 0 Å². The van der Waals surface area contributed by atoms with E-state index in [0.717, 1.165) is 11.1 Å². The molecule has 3 rings (SSSR count). The number of hydrogen-bond acceptors (Lipinski definition) is 3. The lowest BCUT2D eigenvalue weighted by molar-refractivity contribution is 0.102. The van der Waals surface area contributed by atoms with Gasteiger partial charge >= 0.3 is 0 Å². The van der Waals surface area contributed by atoms with Crippen molar-refractivity contribution in [1.29, 1.82) is 0 Å². The van der Waals surface area contributed by atoms with Crippen LogP contribution >= 0.6 is 0 Å². The summed E-state index contributed by atoms with van der Waals surface area (Å²) in [6.07, 6.45) is 3.31. The van der Waals surface area contributed by atoms with E-state index in [1.807, 2.05) is 49.4 Å². The lowest BCUT2D eigenvalue weighted by Crippen LogP contribution is -2.13. The molecular formula is C20H18N2O2. The number of amides is 1. The highest BCUT2D eigenvalue weighted by atomic mass is 16.5. The Morgan fingerprint density at radius 2 is 1.75 bits per heavy atom. The molecule has 2 aromatic carbocycles. The third kappa shape index (κ3) is 3.43. The van der Waals surface area contributed by atoms with E-state index in [-0.39, 0.29) is 5.91 Å². The van der Waals surface area contributed by atoms with Gasteiger partial charge in [0, 0.05) is 18.0 Å². The number of methoxy groups -OCH3 is 1. The Kier molecular flexibility index (Phi) is 4.57. The van der Waals surface area contributed by atoms with Gasteiger partial charge in [-0.05, 0) is 30.7 Å². The molecule has 24 heavy (non-hydrogen) atoms. The zero-order valence-corrected chi connectivity index (χ0v) is 13.6. The average molecular weight is 318 g/mol. The molecule has 1 heterocycles. The molecule has 0 aliphatic rings. The van der Waals surface area contributed by atoms with Crippen molar-refractivity contribution in [3.05, 3.63) is 78.1 Å². The number of pyridine rings is 1. The second-order valence-corrected chi connectivity index (χ2v) is 5.48. The number of carbonyl (C=O) groups is 1. The number of aryl methyl sites for hydroxylation is 1. The highest BCUT2D eigenvalue weighted by Crippen LogP contribution is 2.24. The van der Waals surface area contributed by atoms with E-state index < -0.39 is 0 Å². The first-order valence-corrected chi connectivity index (χ1v) is 7.64. The quantitative estimate of drug-likeness (QED) is 0.779. The van der Waals surface area contributed by atoms with Crippen molar-refractivity contribution in [1.82, 2.24) is 4.98 Å². The number of nitrogens with one attached hydrogen (secondary N) is 1. The Bertz CT molecular complexity index is 858. The molecule has 0 spiro atoms. The normalized spacial score (nSPS) is 10.2.